The van der Waals surface area contributed by atoms with Gasteiger partial charge in [0.1, 0.15) is 5.75 Å². The normalized spacial score (nSPS) is 16.6. The molecular weight excluding hydrogens is 224 g/mol. The summed E-state index contributed by atoms with van der Waals surface area (Å²) in [5.41, 5.74) is 12.2. The van der Waals surface area contributed by atoms with Crippen molar-refractivity contribution in [3.8, 4) is 5.75 Å². The third-order valence-corrected chi connectivity index (χ3v) is 3.65. The molecule has 0 aromatic heterocycles. The molecule has 1 fully saturated rings. The van der Waals surface area contributed by atoms with Gasteiger partial charge >= 0.3 is 0 Å². The van der Waals surface area contributed by atoms with Crippen LogP contribution in [0.25, 0.3) is 0 Å². The second-order valence-corrected chi connectivity index (χ2v) is 4.66. The van der Waals surface area contributed by atoms with Crippen LogP contribution in [0.3, 0.4) is 0 Å². The Hall–Kier alpha value is -1.48. The molecule has 0 atom stereocenters. The van der Waals surface area contributed by atoms with Gasteiger partial charge in [-0.25, -0.2) is 0 Å². The molecular formula is C15H24N2O. The number of benzene rings is 1. The van der Waals surface area contributed by atoms with Crippen LogP contribution in [0.1, 0.15) is 31.2 Å². The Morgan fingerprint density at radius 1 is 1.28 bits per heavy atom. The summed E-state index contributed by atoms with van der Waals surface area (Å²) in [5.74, 6) is 0.920. The molecule has 0 aliphatic heterocycles. The minimum atomic E-state index is 0.242. The molecule has 18 heavy (non-hydrogen) atoms. The minimum absolute atomic E-state index is 0.242. The van der Waals surface area contributed by atoms with Crippen LogP contribution in [0.2, 0.25) is 0 Å². The summed E-state index contributed by atoms with van der Waals surface area (Å²) in [6.45, 7) is 3.90. The van der Waals surface area contributed by atoms with Crippen LogP contribution in [-0.4, -0.2) is 13.7 Å². The Labute approximate surface area is 110 Å². The van der Waals surface area contributed by atoms with Crippen molar-refractivity contribution in [3.05, 3.63) is 42.6 Å². The number of hydrogen-bond donors (Lipinski definition) is 2. The van der Waals surface area contributed by atoms with Crippen LogP contribution in [-0.2, 0) is 5.41 Å². The molecule has 1 aromatic rings. The summed E-state index contributed by atoms with van der Waals surface area (Å²) in [6, 6.07) is 8.39. The van der Waals surface area contributed by atoms with Gasteiger partial charge in [-0.2, -0.15) is 0 Å². The Balaban J connectivity index is 0.000000492. The SMILES string of the molecule is C=CN.COc1ccc(C2(CN)CCCC2)cc1. The predicted molar refractivity (Wildman–Crippen MR) is 76.6 cm³/mol. The van der Waals surface area contributed by atoms with Gasteiger partial charge in [-0.3, -0.25) is 0 Å². The highest BCUT2D eigenvalue weighted by molar-refractivity contribution is 5.33. The van der Waals surface area contributed by atoms with Crippen molar-refractivity contribution in [2.45, 2.75) is 31.1 Å². The fourth-order valence-electron chi connectivity index (χ4n) is 2.61. The van der Waals surface area contributed by atoms with E-state index in [2.05, 4.69) is 24.4 Å². The lowest BCUT2D eigenvalue weighted by Crippen LogP contribution is -2.31. The zero-order valence-corrected chi connectivity index (χ0v) is 11.2. The molecule has 0 radical (unpaired) electrons. The fraction of sp³-hybridized carbons (Fsp3) is 0.467. The highest BCUT2D eigenvalue weighted by Gasteiger charge is 2.33. The van der Waals surface area contributed by atoms with Crippen LogP contribution in [0.15, 0.2) is 37.0 Å². The summed E-state index contributed by atoms with van der Waals surface area (Å²) < 4.78 is 5.17. The molecule has 0 saturated heterocycles. The van der Waals surface area contributed by atoms with E-state index < -0.39 is 0 Å². The van der Waals surface area contributed by atoms with Gasteiger partial charge in [-0.05, 0) is 36.7 Å². The monoisotopic (exact) mass is 248 g/mol. The van der Waals surface area contributed by atoms with E-state index in [4.69, 9.17) is 10.5 Å². The van der Waals surface area contributed by atoms with Gasteiger partial charge in [0.05, 0.1) is 7.11 Å². The fourth-order valence-corrected chi connectivity index (χ4v) is 2.61. The first-order chi connectivity index (χ1) is 8.72. The standard InChI is InChI=1S/C13H19NO.C2H5N/c1-15-12-6-4-11(5-7-12)13(10-14)8-2-3-9-13;1-2-3/h4-7H,2-3,8-10,14H2,1H3;2H,1,3H2. The van der Waals surface area contributed by atoms with Crippen LogP contribution < -0.4 is 16.2 Å². The van der Waals surface area contributed by atoms with E-state index in [1.165, 1.54) is 37.4 Å². The molecule has 100 valence electrons. The highest BCUT2D eigenvalue weighted by Crippen LogP contribution is 2.40. The van der Waals surface area contributed by atoms with Crippen molar-refractivity contribution < 1.29 is 4.74 Å². The molecule has 1 aliphatic carbocycles. The predicted octanol–water partition coefficient (Wildman–Crippen LogP) is 2.55. The topological polar surface area (TPSA) is 61.3 Å². The van der Waals surface area contributed by atoms with Crippen LogP contribution >= 0.6 is 0 Å². The molecule has 0 bridgehead atoms. The number of rotatable bonds is 3. The maximum atomic E-state index is 5.94. The minimum Gasteiger partial charge on any atom is -0.497 e. The molecule has 1 saturated carbocycles. The summed E-state index contributed by atoms with van der Waals surface area (Å²) in [7, 11) is 1.70. The molecule has 3 heteroatoms. The van der Waals surface area contributed by atoms with E-state index in [0.717, 1.165) is 12.3 Å². The molecule has 0 spiro atoms. The van der Waals surface area contributed by atoms with Gasteiger partial charge in [-0.1, -0.05) is 31.6 Å². The molecule has 4 N–H and O–H groups in total. The second-order valence-electron chi connectivity index (χ2n) is 4.66. The number of ether oxygens (including phenoxy) is 1. The molecule has 0 heterocycles. The van der Waals surface area contributed by atoms with Crippen molar-refractivity contribution in [2.24, 2.45) is 11.5 Å². The van der Waals surface area contributed by atoms with Gasteiger partial charge in [0.2, 0.25) is 0 Å². The molecule has 1 aromatic carbocycles. The van der Waals surface area contributed by atoms with E-state index >= 15 is 0 Å². The van der Waals surface area contributed by atoms with Gasteiger partial charge in [0.25, 0.3) is 0 Å². The largest absolute Gasteiger partial charge is 0.497 e. The molecule has 0 unspecified atom stereocenters. The number of methoxy groups -OCH3 is 1. The van der Waals surface area contributed by atoms with Crippen LogP contribution in [0.5, 0.6) is 5.75 Å². The molecule has 0 amide bonds. The van der Waals surface area contributed by atoms with E-state index in [-0.39, 0.29) is 5.41 Å². The first kappa shape index (κ1) is 14.6. The molecule has 3 nitrogen and oxygen atoms in total. The molecule has 2 rings (SSSR count). The highest BCUT2D eigenvalue weighted by atomic mass is 16.5. The zero-order chi connectivity index (χ0) is 13.4. The average Bonchev–Trinajstić information content (AvgIpc) is 2.90. The smallest absolute Gasteiger partial charge is 0.118 e. The van der Waals surface area contributed by atoms with Gasteiger partial charge < -0.3 is 16.2 Å². The zero-order valence-electron chi connectivity index (χ0n) is 11.2. The summed E-state index contributed by atoms with van der Waals surface area (Å²) >= 11 is 0. The summed E-state index contributed by atoms with van der Waals surface area (Å²) in [5, 5.41) is 0. The lowest BCUT2D eigenvalue weighted by molar-refractivity contribution is 0.412. The Morgan fingerprint density at radius 2 is 1.78 bits per heavy atom. The van der Waals surface area contributed by atoms with Crippen molar-refractivity contribution in [3.63, 3.8) is 0 Å². The summed E-state index contributed by atoms with van der Waals surface area (Å²) in [6.07, 6.45) is 6.33. The number of hydrogen-bond acceptors (Lipinski definition) is 3. The van der Waals surface area contributed by atoms with Crippen molar-refractivity contribution in [1.82, 2.24) is 0 Å². The average molecular weight is 248 g/mol. The van der Waals surface area contributed by atoms with Gasteiger partial charge in [-0.15, -0.1) is 0 Å². The number of nitrogens with two attached hydrogens (primary N) is 2. The second kappa shape index (κ2) is 7.07. The van der Waals surface area contributed by atoms with Gasteiger partial charge in [0.15, 0.2) is 0 Å². The third kappa shape index (κ3) is 3.26. The van der Waals surface area contributed by atoms with E-state index in [1.807, 2.05) is 12.1 Å². The quantitative estimate of drug-likeness (QED) is 0.864. The van der Waals surface area contributed by atoms with E-state index in [1.54, 1.807) is 7.11 Å². The third-order valence-electron chi connectivity index (χ3n) is 3.65. The summed E-state index contributed by atoms with van der Waals surface area (Å²) in [4.78, 5) is 0. The maximum Gasteiger partial charge on any atom is 0.118 e. The van der Waals surface area contributed by atoms with Crippen molar-refractivity contribution in [2.75, 3.05) is 13.7 Å². The Bertz CT molecular complexity index is 353. The first-order valence-corrected chi connectivity index (χ1v) is 6.39. The first-order valence-electron chi connectivity index (χ1n) is 6.39. The maximum absolute atomic E-state index is 5.94. The lowest BCUT2D eigenvalue weighted by Gasteiger charge is -2.27. The van der Waals surface area contributed by atoms with Gasteiger partial charge in [0, 0.05) is 12.0 Å². The van der Waals surface area contributed by atoms with Crippen molar-refractivity contribution >= 4 is 0 Å². The van der Waals surface area contributed by atoms with Crippen LogP contribution in [0.4, 0.5) is 0 Å². The van der Waals surface area contributed by atoms with E-state index in [9.17, 15) is 0 Å². The Morgan fingerprint density at radius 3 is 2.17 bits per heavy atom. The lowest BCUT2D eigenvalue weighted by atomic mass is 9.79. The molecule has 1 aliphatic rings. The Kier molecular flexibility index (Phi) is 5.72. The van der Waals surface area contributed by atoms with Crippen LogP contribution in [0, 0.1) is 0 Å². The van der Waals surface area contributed by atoms with E-state index in [0.29, 0.717) is 0 Å². The van der Waals surface area contributed by atoms with Crippen molar-refractivity contribution in [1.29, 1.82) is 0 Å².